The zero-order valence-corrected chi connectivity index (χ0v) is 17.7. The second-order valence-corrected chi connectivity index (χ2v) is 9.18. The Hall–Kier alpha value is -2.42. The van der Waals surface area contributed by atoms with Gasteiger partial charge in [0.1, 0.15) is 6.10 Å². The predicted octanol–water partition coefficient (Wildman–Crippen LogP) is 2.69. The van der Waals surface area contributed by atoms with Crippen molar-refractivity contribution in [1.29, 1.82) is 0 Å². The largest absolute Gasteiger partial charge is 0.454 e. The fraction of sp³-hybridized carbons (Fsp3) is 0.381. The lowest BCUT2D eigenvalue weighted by atomic mass is 10.1. The van der Waals surface area contributed by atoms with Crippen molar-refractivity contribution in [1.82, 2.24) is 4.31 Å². The number of carbonyl (C=O) groups excluding carboxylic acids is 1. The highest BCUT2D eigenvalue weighted by Crippen LogP contribution is 2.28. The van der Waals surface area contributed by atoms with Crippen LogP contribution in [0.1, 0.15) is 28.9 Å². The summed E-state index contributed by atoms with van der Waals surface area (Å²) in [6, 6.07) is 14.0. The Morgan fingerprint density at radius 2 is 1.76 bits per heavy atom. The fourth-order valence-corrected chi connectivity index (χ4v) is 4.07. The van der Waals surface area contributed by atoms with Crippen molar-refractivity contribution in [3.05, 3.63) is 59.7 Å². The van der Waals surface area contributed by atoms with Crippen molar-refractivity contribution < 1.29 is 22.7 Å². The van der Waals surface area contributed by atoms with Gasteiger partial charge in [-0.05, 0) is 30.7 Å². The Morgan fingerprint density at radius 1 is 1.10 bits per heavy atom. The third-order valence-electron chi connectivity index (χ3n) is 4.87. The van der Waals surface area contributed by atoms with E-state index in [-0.39, 0.29) is 10.5 Å². The molecule has 0 saturated carbocycles. The van der Waals surface area contributed by atoms with E-state index in [0.717, 1.165) is 9.87 Å². The lowest BCUT2D eigenvalue weighted by Crippen LogP contribution is -2.37. The molecule has 1 atom stereocenters. The lowest BCUT2D eigenvalue weighted by molar-refractivity contribution is 0.0337. The van der Waals surface area contributed by atoms with E-state index < -0.39 is 22.1 Å². The number of benzene rings is 2. The molecule has 29 heavy (non-hydrogen) atoms. The number of hydrogen-bond acceptors (Lipinski definition) is 6. The van der Waals surface area contributed by atoms with Crippen LogP contribution in [-0.4, -0.2) is 59.1 Å². The molecule has 1 saturated heterocycles. The van der Waals surface area contributed by atoms with Crippen molar-refractivity contribution in [2.75, 3.05) is 45.3 Å². The van der Waals surface area contributed by atoms with E-state index in [2.05, 4.69) is 0 Å². The van der Waals surface area contributed by atoms with Gasteiger partial charge in [0.15, 0.2) is 0 Å². The molecule has 8 heteroatoms. The number of hydrogen-bond donors (Lipinski definition) is 0. The summed E-state index contributed by atoms with van der Waals surface area (Å²) in [4.78, 5) is 15.1. The molecule has 0 radical (unpaired) electrons. The highest BCUT2D eigenvalue weighted by atomic mass is 32.2. The first-order valence-electron chi connectivity index (χ1n) is 9.46. The molecule has 0 N–H and O–H groups in total. The molecule has 7 nitrogen and oxygen atoms in total. The summed E-state index contributed by atoms with van der Waals surface area (Å²) < 4.78 is 37.3. The average Bonchev–Trinajstić information content (AvgIpc) is 2.74. The van der Waals surface area contributed by atoms with Crippen LogP contribution in [0.2, 0.25) is 0 Å². The maximum Gasteiger partial charge on any atom is 0.340 e. The van der Waals surface area contributed by atoms with Crippen LogP contribution in [0, 0.1) is 0 Å². The Balaban J connectivity index is 1.97. The number of nitrogens with zero attached hydrogens (tertiary/aromatic N) is 2. The van der Waals surface area contributed by atoms with Crippen LogP contribution >= 0.6 is 0 Å². The number of anilines is 1. The summed E-state index contributed by atoms with van der Waals surface area (Å²) in [5.41, 5.74) is 1.75. The van der Waals surface area contributed by atoms with Gasteiger partial charge in [0, 0.05) is 27.2 Å². The predicted molar refractivity (Wildman–Crippen MR) is 111 cm³/mol. The Kier molecular flexibility index (Phi) is 6.56. The van der Waals surface area contributed by atoms with Crippen LogP contribution < -0.4 is 4.90 Å². The van der Waals surface area contributed by atoms with Crippen LogP contribution in [0.3, 0.4) is 0 Å². The van der Waals surface area contributed by atoms with Gasteiger partial charge in [-0.15, -0.1) is 0 Å². The summed E-state index contributed by atoms with van der Waals surface area (Å²) in [6.07, 6.45) is -0.463. The lowest BCUT2D eigenvalue weighted by Gasteiger charge is -2.30. The van der Waals surface area contributed by atoms with E-state index in [1.165, 1.54) is 26.2 Å². The quantitative estimate of drug-likeness (QED) is 0.672. The maximum absolute atomic E-state index is 13.1. The first kappa shape index (κ1) is 21.3. The second-order valence-electron chi connectivity index (χ2n) is 7.02. The first-order chi connectivity index (χ1) is 13.8. The second kappa shape index (κ2) is 8.94. The van der Waals surface area contributed by atoms with Gasteiger partial charge in [-0.25, -0.2) is 17.5 Å². The van der Waals surface area contributed by atoms with Gasteiger partial charge in [-0.1, -0.05) is 30.3 Å². The zero-order chi connectivity index (χ0) is 21.0. The van der Waals surface area contributed by atoms with E-state index in [1.54, 1.807) is 13.0 Å². The summed E-state index contributed by atoms with van der Waals surface area (Å²) in [5.74, 6) is -0.557. The highest BCUT2D eigenvalue weighted by Gasteiger charge is 2.26. The van der Waals surface area contributed by atoms with E-state index >= 15 is 0 Å². The van der Waals surface area contributed by atoms with E-state index in [0.29, 0.717) is 32.0 Å². The molecule has 2 aromatic rings. The Morgan fingerprint density at radius 3 is 2.38 bits per heavy atom. The zero-order valence-electron chi connectivity index (χ0n) is 16.9. The molecule has 1 aliphatic heterocycles. The molecule has 1 fully saturated rings. The van der Waals surface area contributed by atoms with E-state index in [1.807, 2.05) is 35.2 Å². The van der Waals surface area contributed by atoms with Gasteiger partial charge < -0.3 is 14.4 Å². The average molecular weight is 419 g/mol. The maximum atomic E-state index is 13.1. The van der Waals surface area contributed by atoms with Crippen molar-refractivity contribution in [2.24, 2.45) is 0 Å². The van der Waals surface area contributed by atoms with E-state index in [9.17, 15) is 13.2 Å². The molecule has 2 aromatic carbocycles. The van der Waals surface area contributed by atoms with Gasteiger partial charge in [-0.2, -0.15) is 0 Å². The van der Waals surface area contributed by atoms with Crippen LogP contribution in [0.25, 0.3) is 0 Å². The molecule has 0 bridgehead atoms. The van der Waals surface area contributed by atoms with Crippen LogP contribution in [0.5, 0.6) is 0 Å². The Bertz CT molecular complexity index is 954. The molecule has 0 aliphatic carbocycles. The number of morpholine rings is 1. The SMILES string of the molecule is C[C@H](OC(=O)c1cc(S(=O)(=O)N(C)C)ccc1N1CCOCC1)c1ccccc1. The van der Waals surface area contributed by atoms with Crippen molar-refractivity contribution in [2.45, 2.75) is 17.9 Å². The molecule has 156 valence electrons. The topological polar surface area (TPSA) is 76.2 Å². The molecule has 3 rings (SSSR count). The summed E-state index contributed by atoms with van der Waals surface area (Å²) in [6.45, 7) is 4.13. The Labute approximate surface area is 171 Å². The first-order valence-corrected chi connectivity index (χ1v) is 10.9. The minimum absolute atomic E-state index is 0.0545. The summed E-state index contributed by atoms with van der Waals surface area (Å²) in [7, 11) is -0.761. The van der Waals surface area contributed by atoms with Crippen molar-refractivity contribution >= 4 is 21.7 Å². The van der Waals surface area contributed by atoms with E-state index in [4.69, 9.17) is 9.47 Å². The van der Waals surface area contributed by atoms with Crippen molar-refractivity contribution in [3.8, 4) is 0 Å². The summed E-state index contributed by atoms with van der Waals surface area (Å²) in [5, 5.41) is 0. The molecule has 0 amide bonds. The minimum Gasteiger partial charge on any atom is -0.454 e. The molecular formula is C21H26N2O5S. The van der Waals surface area contributed by atoms with Crippen LogP contribution in [0.4, 0.5) is 5.69 Å². The molecule has 0 spiro atoms. The molecule has 1 aliphatic rings. The fourth-order valence-electron chi connectivity index (χ4n) is 3.15. The van der Waals surface area contributed by atoms with Gasteiger partial charge in [0.2, 0.25) is 10.0 Å². The van der Waals surface area contributed by atoms with Gasteiger partial charge in [0.25, 0.3) is 0 Å². The highest BCUT2D eigenvalue weighted by molar-refractivity contribution is 7.89. The van der Waals surface area contributed by atoms with Crippen LogP contribution in [0.15, 0.2) is 53.4 Å². The molecule has 0 aromatic heterocycles. The standard InChI is InChI=1S/C21H26N2O5S/c1-16(17-7-5-4-6-8-17)28-21(24)19-15-18(29(25,26)22(2)3)9-10-20(19)23-11-13-27-14-12-23/h4-10,15-16H,11-14H2,1-3H3/t16-/m0/s1. The van der Waals surface area contributed by atoms with Gasteiger partial charge in [0.05, 0.1) is 29.4 Å². The monoisotopic (exact) mass is 418 g/mol. The number of sulfonamides is 1. The molecular weight excluding hydrogens is 392 g/mol. The number of carbonyl (C=O) groups is 1. The molecule has 0 unspecified atom stereocenters. The third-order valence-corrected chi connectivity index (χ3v) is 6.68. The summed E-state index contributed by atoms with van der Waals surface area (Å²) >= 11 is 0. The van der Waals surface area contributed by atoms with Gasteiger partial charge >= 0.3 is 5.97 Å². The minimum atomic E-state index is -3.68. The van der Waals surface area contributed by atoms with Crippen LogP contribution in [-0.2, 0) is 19.5 Å². The number of esters is 1. The van der Waals surface area contributed by atoms with Crippen molar-refractivity contribution in [3.63, 3.8) is 0 Å². The van der Waals surface area contributed by atoms with Gasteiger partial charge in [-0.3, -0.25) is 0 Å². The number of ether oxygens (including phenoxy) is 2. The molecule has 1 heterocycles. The third kappa shape index (κ3) is 4.77. The normalized spacial score (nSPS) is 15.9. The number of rotatable bonds is 6. The smallest absolute Gasteiger partial charge is 0.340 e.